The number of methoxy groups -OCH3 is 3. The van der Waals surface area contributed by atoms with Gasteiger partial charge in [-0.2, -0.15) is 5.26 Å². The Morgan fingerprint density at radius 1 is 1.14 bits per heavy atom. The summed E-state index contributed by atoms with van der Waals surface area (Å²) in [5, 5.41) is 12.0. The van der Waals surface area contributed by atoms with Gasteiger partial charge in [0.25, 0.3) is 0 Å². The van der Waals surface area contributed by atoms with Crippen molar-refractivity contribution in [2.24, 2.45) is 0 Å². The molecule has 1 atom stereocenters. The molecule has 3 rings (SSSR count). The van der Waals surface area contributed by atoms with Crippen molar-refractivity contribution in [2.75, 3.05) is 21.3 Å². The van der Waals surface area contributed by atoms with Gasteiger partial charge in [-0.1, -0.05) is 30.3 Å². The molecule has 0 saturated carbocycles. The third-order valence-corrected chi connectivity index (χ3v) is 5.96. The Balaban J connectivity index is 2.03. The maximum atomic E-state index is 13.2. The summed E-state index contributed by atoms with van der Waals surface area (Å²) in [6.45, 7) is 0. The SMILES string of the molecule is COc1cc(C(=O)C(C#N)c2nc(-c3ccccc3)cs2)c(Br)c(OC)c1OC. The fourth-order valence-corrected chi connectivity index (χ4v) is 4.36. The molecule has 0 aliphatic heterocycles. The second-order valence-electron chi connectivity index (χ2n) is 5.87. The van der Waals surface area contributed by atoms with E-state index >= 15 is 0 Å². The van der Waals surface area contributed by atoms with Crippen LogP contribution in [0.4, 0.5) is 0 Å². The molecule has 148 valence electrons. The maximum Gasteiger partial charge on any atom is 0.204 e. The number of thiazole rings is 1. The van der Waals surface area contributed by atoms with Crippen molar-refractivity contribution in [3.8, 4) is 34.6 Å². The highest BCUT2D eigenvalue weighted by molar-refractivity contribution is 9.10. The summed E-state index contributed by atoms with van der Waals surface area (Å²) in [6, 6.07) is 13.2. The molecule has 0 aliphatic rings. The number of carbonyl (C=O) groups excluding carboxylic acids is 1. The molecule has 1 unspecified atom stereocenters. The van der Waals surface area contributed by atoms with Crippen LogP contribution in [0.25, 0.3) is 11.3 Å². The lowest BCUT2D eigenvalue weighted by Crippen LogP contribution is -2.13. The van der Waals surface area contributed by atoms with E-state index < -0.39 is 11.7 Å². The molecule has 29 heavy (non-hydrogen) atoms. The summed E-state index contributed by atoms with van der Waals surface area (Å²) in [4.78, 5) is 17.8. The molecule has 0 bridgehead atoms. The lowest BCUT2D eigenvalue weighted by molar-refractivity contribution is 0.0977. The van der Waals surface area contributed by atoms with Gasteiger partial charge in [0.05, 0.1) is 37.6 Å². The standard InChI is InChI=1S/C21H17BrN2O4S/c1-26-16-9-13(17(22)20(28-3)19(16)27-2)18(25)14(10-23)21-24-15(11-29-21)12-7-5-4-6-8-12/h4-9,11,14H,1-3H3. The lowest BCUT2D eigenvalue weighted by Gasteiger charge is -2.17. The fraction of sp³-hybridized carbons (Fsp3) is 0.190. The highest BCUT2D eigenvalue weighted by Crippen LogP contribution is 2.45. The van der Waals surface area contributed by atoms with Gasteiger partial charge in [0.2, 0.25) is 5.75 Å². The van der Waals surface area contributed by atoms with E-state index in [1.54, 1.807) is 0 Å². The van der Waals surface area contributed by atoms with Crippen LogP contribution in [0.2, 0.25) is 0 Å². The molecule has 2 aromatic carbocycles. The maximum absolute atomic E-state index is 13.2. The van der Waals surface area contributed by atoms with E-state index in [-0.39, 0.29) is 5.56 Å². The molecule has 6 nitrogen and oxygen atoms in total. The predicted octanol–water partition coefficient (Wildman–Crippen LogP) is 5.09. The number of hydrogen-bond donors (Lipinski definition) is 0. The average Bonchev–Trinajstić information content (AvgIpc) is 3.24. The molecular weight excluding hydrogens is 456 g/mol. The number of Topliss-reactive ketones (excluding diaryl/α,β-unsaturated/α-hetero) is 1. The Morgan fingerprint density at radius 2 is 1.83 bits per heavy atom. The summed E-state index contributed by atoms with van der Waals surface area (Å²) in [5.74, 6) is -0.468. The topological polar surface area (TPSA) is 81.4 Å². The minimum atomic E-state index is -1.06. The third kappa shape index (κ3) is 3.97. The second kappa shape index (κ2) is 9.07. The molecule has 0 aliphatic carbocycles. The van der Waals surface area contributed by atoms with Crippen molar-refractivity contribution >= 4 is 33.0 Å². The van der Waals surface area contributed by atoms with Crippen molar-refractivity contribution in [3.05, 3.63) is 56.8 Å². The first-order chi connectivity index (χ1) is 14.0. The number of aromatic nitrogens is 1. The largest absolute Gasteiger partial charge is 0.493 e. The molecule has 0 amide bonds. The fourth-order valence-electron chi connectivity index (χ4n) is 2.84. The monoisotopic (exact) mass is 472 g/mol. The number of ether oxygens (including phenoxy) is 3. The number of benzene rings is 2. The zero-order valence-corrected chi connectivity index (χ0v) is 18.3. The molecule has 8 heteroatoms. The molecule has 1 aromatic heterocycles. The van der Waals surface area contributed by atoms with Gasteiger partial charge in [0, 0.05) is 16.5 Å². The van der Waals surface area contributed by atoms with Crippen LogP contribution in [0.15, 0.2) is 46.3 Å². The van der Waals surface area contributed by atoms with Gasteiger partial charge in [0.15, 0.2) is 23.2 Å². The van der Waals surface area contributed by atoms with Gasteiger partial charge in [-0.3, -0.25) is 4.79 Å². The predicted molar refractivity (Wildman–Crippen MR) is 114 cm³/mol. The summed E-state index contributed by atoms with van der Waals surface area (Å²) < 4.78 is 16.4. The van der Waals surface area contributed by atoms with Crippen LogP contribution >= 0.6 is 27.3 Å². The Labute approximate surface area is 180 Å². The van der Waals surface area contributed by atoms with Gasteiger partial charge in [-0.05, 0) is 22.0 Å². The average molecular weight is 473 g/mol. The van der Waals surface area contributed by atoms with Gasteiger partial charge in [0.1, 0.15) is 5.01 Å². The minimum absolute atomic E-state index is 0.252. The van der Waals surface area contributed by atoms with Crippen LogP contribution < -0.4 is 14.2 Å². The van der Waals surface area contributed by atoms with Crippen molar-refractivity contribution in [1.29, 1.82) is 5.26 Å². The van der Waals surface area contributed by atoms with Crippen molar-refractivity contribution in [1.82, 2.24) is 4.98 Å². The van der Waals surface area contributed by atoms with Crippen LogP contribution in [0.1, 0.15) is 21.3 Å². The number of ketones is 1. The van der Waals surface area contributed by atoms with Gasteiger partial charge in [-0.25, -0.2) is 4.98 Å². The molecule has 0 spiro atoms. The Morgan fingerprint density at radius 3 is 2.41 bits per heavy atom. The first-order valence-electron chi connectivity index (χ1n) is 8.48. The molecule has 0 fully saturated rings. The second-order valence-corrected chi connectivity index (χ2v) is 7.55. The number of hydrogen-bond acceptors (Lipinski definition) is 7. The minimum Gasteiger partial charge on any atom is -0.493 e. The smallest absolute Gasteiger partial charge is 0.204 e. The zero-order chi connectivity index (χ0) is 21.0. The van der Waals surface area contributed by atoms with E-state index in [0.29, 0.717) is 26.7 Å². The van der Waals surface area contributed by atoms with E-state index in [4.69, 9.17) is 14.2 Å². The van der Waals surface area contributed by atoms with Crippen molar-refractivity contribution < 1.29 is 19.0 Å². The number of rotatable bonds is 7. The number of carbonyl (C=O) groups is 1. The molecule has 1 heterocycles. The normalized spacial score (nSPS) is 11.4. The van der Waals surface area contributed by atoms with Crippen LogP contribution in [0.5, 0.6) is 17.2 Å². The van der Waals surface area contributed by atoms with Crippen LogP contribution in [-0.4, -0.2) is 32.1 Å². The number of halogens is 1. The zero-order valence-electron chi connectivity index (χ0n) is 15.9. The van der Waals surface area contributed by atoms with Crippen LogP contribution in [-0.2, 0) is 0 Å². The molecule has 0 saturated heterocycles. The molecule has 0 N–H and O–H groups in total. The van der Waals surface area contributed by atoms with E-state index in [1.807, 2.05) is 35.7 Å². The quantitative estimate of drug-likeness (QED) is 0.445. The summed E-state index contributed by atoms with van der Waals surface area (Å²) in [5.41, 5.74) is 1.90. The van der Waals surface area contributed by atoms with Gasteiger partial charge >= 0.3 is 0 Å². The molecule has 0 radical (unpaired) electrons. The van der Waals surface area contributed by atoms with E-state index in [9.17, 15) is 10.1 Å². The van der Waals surface area contributed by atoms with E-state index in [2.05, 4.69) is 27.0 Å². The third-order valence-electron chi connectivity index (χ3n) is 4.26. The van der Waals surface area contributed by atoms with Crippen molar-refractivity contribution in [2.45, 2.75) is 5.92 Å². The summed E-state index contributed by atoms with van der Waals surface area (Å²) in [6.07, 6.45) is 0. The Hall–Kier alpha value is -2.89. The van der Waals surface area contributed by atoms with E-state index in [1.165, 1.54) is 38.7 Å². The first kappa shape index (κ1) is 20.8. The number of nitrogens with zero attached hydrogens (tertiary/aromatic N) is 2. The lowest BCUT2D eigenvalue weighted by atomic mass is 9.98. The molecule has 3 aromatic rings. The Bertz CT molecular complexity index is 1080. The molecular formula is C21H17BrN2O4S. The summed E-state index contributed by atoms with van der Waals surface area (Å²) in [7, 11) is 4.41. The summed E-state index contributed by atoms with van der Waals surface area (Å²) >= 11 is 4.68. The number of nitriles is 1. The Kier molecular flexibility index (Phi) is 6.52. The first-order valence-corrected chi connectivity index (χ1v) is 10.2. The van der Waals surface area contributed by atoms with E-state index in [0.717, 1.165) is 11.3 Å². The van der Waals surface area contributed by atoms with Crippen LogP contribution in [0, 0.1) is 11.3 Å². The van der Waals surface area contributed by atoms with Gasteiger partial charge < -0.3 is 14.2 Å². The highest BCUT2D eigenvalue weighted by atomic mass is 79.9. The van der Waals surface area contributed by atoms with Crippen LogP contribution in [0.3, 0.4) is 0 Å². The van der Waals surface area contributed by atoms with Gasteiger partial charge in [-0.15, -0.1) is 11.3 Å². The highest BCUT2D eigenvalue weighted by Gasteiger charge is 2.30. The van der Waals surface area contributed by atoms with Crippen molar-refractivity contribution in [3.63, 3.8) is 0 Å².